The van der Waals surface area contributed by atoms with Gasteiger partial charge in [-0.3, -0.25) is 9.59 Å². The van der Waals surface area contributed by atoms with E-state index in [1.165, 1.54) is 29.1 Å². The normalized spacial score (nSPS) is 16.5. The van der Waals surface area contributed by atoms with Crippen LogP contribution < -0.4 is 16.4 Å². The maximum Gasteiger partial charge on any atom is 0.237 e. The van der Waals surface area contributed by atoms with Crippen LogP contribution in [0.3, 0.4) is 0 Å². The van der Waals surface area contributed by atoms with Crippen LogP contribution in [-0.2, 0) is 22.4 Å². The first-order chi connectivity index (χ1) is 14.8. The van der Waals surface area contributed by atoms with Gasteiger partial charge in [0.05, 0.1) is 10.6 Å². The van der Waals surface area contributed by atoms with Crippen molar-refractivity contribution in [2.75, 3.05) is 16.4 Å². The molecule has 0 saturated carbocycles. The summed E-state index contributed by atoms with van der Waals surface area (Å²) < 4.78 is 0. The summed E-state index contributed by atoms with van der Waals surface area (Å²) in [5.74, 6) is 0.887. The predicted octanol–water partition coefficient (Wildman–Crippen LogP) is 4.48. The lowest BCUT2D eigenvalue weighted by Crippen LogP contribution is -2.22. The molecule has 0 radical (unpaired) electrons. The largest absolute Gasteiger partial charge is 0.383 e. The molecule has 4 N–H and O–H groups in total. The number of carbonyl (C=O) groups is 2. The number of amides is 2. The Morgan fingerprint density at radius 1 is 1.19 bits per heavy atom. The van der Waals surface area contributed by atoms with Crippen LogP contribution in [0.5, 0.6) is 0 Å². The van der Waals surface area contributed by atoms with Crippen LogP contribution >= 0.6 is 23.1 Å². The van der Waals surface area contributed by atoms with Crippen molar-refractivity contribution in [3.63, 3.8) is 0 Å². The summed E-state index contributed by atoms with van der Waals surface area (Å²) in [6.07, 6.45) is 3.26. The Morgan fingerprint density at radius 3 is 2.55 bits per heavy atom. The first-order valence-electron chi connectivity index (χ1n) is 10.2. The van der Waals surface area contributed by atoms with Crippen molar-refractivity contribution in [2.24, 2.45) is 5.92 Å². The van der Waals surface area contributed by atoms with E-state index in [9.17, 15) is 9.59 Å². The lowest BCUT2D eigenvalue weighted by atomic mass is 9.89. The van der Waals surface area contributed by atoms with E-state index in [2.05, 4.69) is 22.5 Å². The fourth-order valence-electron chi connectivity index (χ4n) is 3.70. The van der Waals surface area contributed by atoms with Gasteiger partial charge in [-0.05, 0) is 61.9 Å². The Kier molecular flexibility index (Phi) is 6.15. The predicted molar refractivity (Wildman–Crippen MR) is 128 cm³/mol. The molecule has 1 aromatic carbocycles. The molecule has 0 bridgehead atoms. The summed E-state index contributed by atoms with van der Waals surface area (Å²) in [5.41, 5.74) is 8.94. The summed E-state index contributed by atoms with van der Waals surface area (Å²) in [5, 5.41) is 6.69. The maximum atomic E-state index is 12.6. The second kappa shape index (κ2) is 8.84. The van der Waals surface area contributed by atoms with Gasteiger partial charge < -0.3 is 16.4 Å². The average molecular weight is 456 g/mol. The summed E-state index contributed by atoms with van der Waals surface area (Å²) in [4.78, 5) is 35.2. The highest BCUT2D eigenvalue weighted by atomic mass is 32.2. The van der Waals surface area contributed by atoms with Crippen LogP contribution in [0.2, 0.25) is 0 Å². The number of hydrogen-bond acceptors (Lipinski definition) is 7. The van der Waals surface area contributed by atoms with Crippen LogP contribution in [0.1, 0.15) is 37.6 Å². The first kappa shape index (κ1) is 21.6. The SMILES string of the molecule is CC(=O)Nc1ccc(NC(=O)[C@H](C)Sc2nc(N)c3c4c(sc3n2)C[C@@H](C)CC4)cc1. The highest BCUT2D eigenvalue weighted by molar-refractivity contribution is 8.00. The molecule has 2 atom stereocenters. The van der Waals surface area contributed by atoms with Gasteiger partial charge in [-0.1, -0.05) is 18.7 Å². The smallest absolute Gasteiger partial charge is 0.237 e. The molecule has 2 amide bonds. The zero-order chi connectivity index (χ0) is 22.1. The van der Waals surface area contributed by atoms with Crippen LogP contribution in [0.25, 0.3) is 10.2 Å². The van der Waals surface area contributed by atoms with Crippen LogP contribution in [0.4, 0.5) is 17.2 Å². The number of benzene rings is 1. The fourth-order valence-corrected chi connectivity index (χ4v) is 5.92. The van der Waals surface area contributed by atoms with Gasteiger partial charge >= 0.3 is 0 Å². The quantitative estimate of drug-likeness (QED) is 0.387. The van der Waals surface area contributed by atoms with E-state index >= 15 is 0 Å². The molecule has 2 heterocycles. The molecule has 0 fully saturated rings. The molecule has 1 aliphatic carbocycles. The molecule has 7 nitrogen and oxygen atoms in total. The number of nitrogens with two attached hydrogens (primary N) is 1. The Labute approximate surface area is 189 Å². The van der Waals surface area contributed by atoms with E-state index < -0.39 is 5.25 Å². The van der Waals surface area contributed by atoms with Crippen molar-refractivity contribution >= 4 is 62.3 Å². The Morgan fingerprint density at radius 2 is 1.87 bits per heavy atom. The second-order valence-corrected chi connectivity index (χ2v) is 10.3. The molecule has 9 heteroatoms. The molecule has 0 aliphatic heterocycles. The molecule has 0 unspecified atom stereocenters. The van der Waals surface area contributed by atoms with E-state index in [4.69, 9.17) is 10.7 Å². The summed E-state index contributed by atoms with van der Waals surface area (Å²) in [6.45, 7) is 5.54. The fraction of sp³-hybridized carbons (Fsp3) is 0.364. The molecular formula is C22H25N5O2S2. The number of nitrogens with zero attached hydrogens (tertiary/aromatic N) is 2. The highest BCUT2D eigenvalue weighted by Gasteiger charge is 2.24. The minimum absolute atomic E-state index is 0.140. The van der Waals surface area contributed by atoms with E-state index in [0.717, 1.165) is 29.5 Å². The number of anilines is 3. The average Bonchev–Trinajstić information content (AvgIpc) is 3.06. The number of rotatable bonds is 5. The van der Waals surface area contributed by atoms with Crippen molar-refractivity contribution < 1.29 is 9.59 Å². The van der Waals surface area contributed by atoms with Crippen LogP contribution in [0.15, 0.2) is 29.4 Å². The third-order valence-electron chi connectivity index (χ3n) is 5.29. The van der Waals surface area contributed by atoms with Crippen molar-refractivity contribution in [1.82, 2.24) is 9.97 Å². The zero-order valence-electron chi connectivity index (χ0n) is 17.7. The van der Waals surface area contributed by atoms with Crippen molar-refractivity contribution in [1.29, 1.82) is 0 Å². The topological polar surface area (TPSA) is 110 Å². The maximum absolute atomic E-state index is 12.6. The van der Waals surface area contributed by atoms with E-state index in [1.54, 1.807) is 35.6 Å². The minimum atomic E-state index is -0.401. The van der Waals surface area contributed by atoms with Gasteiger partial charge in [-0.25, -0.2) is 9.97 Å². The van der Waals surface area contributed by atoms with Gasteiger partial charge in [0, 0.05) is 23.2 Å². The van der Waals surface area contributed by atoms with Gasteiger partial charge in [0.2, 0.25) is 11.8 Å². The summed E-state index contributed by atoms with van der Waals surface area (Å²) in [6, 6.07) is 6.98. The van der Waals surface area contributed by atoms with E-state index in [-0.39, 0.29) is 11.8 Å². The number of thiophene rings is 1. The molecule has 162 valence electrons. The van der Waals surface area contributed by atoms with Crippen molar-refractivity contribution in [3.8, 4) is 0 Å². The number of nitrogens with one attached hydrogen (secondary N) is 2. The minimum Gasteiger partial charge on any atom is -0.383 e. The zero-order valence-corrected chi connectivity index (χ0v) is 19.3. The second-order valence-electron chi connectivity index (χ2n) is 7.93. The highest BCUT2D eigenvalue weighted by Crippen LogP contribution is 2.40. The number of nitrogen functional groups attached to an aromatic ring is 1. The standard InChI is InChI=1S/C22H25N5O2S2/c1-11-4-9-16-17(10-11)31-21-18(16)19(23)26-22(27-21)30-12(2)20(29)25-15-7-5-14(6-8-15)24-13(3)28/h5-8,11-12H,4,9-10H2,1-3H3,(H,24,28)(H,25,29)(H2,23,26,27)/t11-,12-/m0/s1. The number of aromatic nitrogens is 2. The molecule has 0 saturated heterocycles. The third-order valence-corrected chi connectivity index (χ3v) is 7.40. The molecule has 31 heavy (non-hydrogen) atoms. The van der Waals surface area contributed by atoms with Gasteiger partial charge in [0.15, 0.2) is 5.16 Å². The number of carbonyl (C=O) groups excluding carboxylic acids is 2. The first-order valence-corrected chi connectivity index (χ1v) is 11.9. The third kappa shape index (κ3) is 4.83. The molecule has 2 aromatic heterocycles. The van der Waals surface area contributed by atoms with Crippen LogP contribution in [-0.4, -0.2) is 27.0 Å². The monoisotopic (exact) mass is 455 g/mol. The summed E-state index contributed by atoms with van der Waals surface area (Å²) >= 11 is 2.99. The van der Waals surface area contributed by atoms with Gasteiger partial charge in [0.1, 0.15) is 10.6 Å². The van der Waals surface area contributed by atoms with Crippen molar-refractivity contribution in [2.45, 2.75) is 50.4 Å². The number of aryl methyl sites for hydroxylation is 1. The van der Waals surface area contributed by atoms with E-state index in [1.807, 2.05) is 6.92 Å². The number of fused-ring (bicyclic) bond motifs is 3. The van der Waals surface area contributed by atoms with Gasteiger partial charge in [-0.2, -0.15) is 0 Å². The molecule has 3 aromatic rings. The van der Waals surface area contributed by atoms with E-state index in [0.29, 0.717) is 28.3 Å². The number of hydrogen-bond donors (Lipinski definition) is 3. The Balaban J connectivity index is 1.45. The van der Waals surface area contributed by atoms with Crippen molar-refractivity contribution in [3.05, 3.63) is 34.7 Å². The lowest BCUT2D eigenvalue weighted by molar-refractivity contribution is -0.115. The Bertz CT molecular complexity index is 1140. The van der Waals surface area contributed by atoms with Crippen LogP contribution in [0, 0.1) is 5.92 Å². The van der Waals surface area contributed by atoms with Gasteiger partial charge in [0.25, 0.3) is 0 Å². The lowest BCUT2D eigenvalue weighted by Gasteiger charge is -2.17. The Hall–Kier alpha value is -2.65. The molecule has 0 spiro atoms. The van der Waals surface area contributed by atoms with Gasteiger partial charge in [-0.15, -0.1) is 11.3 Å². The summed E-state index contributed by atoms with van der Waals surface area (Å²) in [7, 11) is 0. The molecule has 1 aliphatic rings. The molecule has 4 rings (SSSR count). The number of thioether (sulfide) groups is 1. The molecular weight excluding hydrogens is 430 g/mol.